The van der Waals surface area contributed by atoms with E-state index in [-0.39, 0.29) is 6.08 Å². The van der Waals surface area contributed by atoms with Gasteiger partial charge in [-0.3, -0.25) is 4.68 Å². The van der Waals surface area contributed by atoms with Crippen LogP contribution in [0.25, 0.3) is 0 Å². The standard InChI is InChI=1S/C9H12N4O2/c1-2-13-5-8(4-11-13)15-9-12-7(3-10)6-14-9/h4-6H,2-3,10H2,1H3. The van der Waals surface area contributed by atoms with E-state index in [4.69, 9.17) is 14.9 Å². The third kappa shape index (κ3) is 2.16. The lowest BCUT2D eigenvalue weighted by Crippen LogP contribution is -1.95. The molecule has 6 heteroatoms. The first-order chi connectivity index (χ1) is 7.31. The maximum atomic E-state index is 5.39. The first-order valence-corrected chi connectivity index (χ1v) is 4.66. The zero-order valence-corrected chi connectivity index (χ0v) is 8.38. The Morgan fingerprint density at radius 1 is 1.60 bits per heavy atom. The van der Waals surface area contributed by atoms with Gasteiger partial charge in [0.2, 0.25) is 0 Å². The van der Waals surface area contributed by atoms with E-state index in [2.05, 4.69) is 10.1 Å². The van der Waals surface area contributed by atoms with Crippen molar-refractivity contribution in [2.24, 2.45) is 5.73 Å². The molecular formula is C9H12N4O2. The minimum atomic E-state index is 0.186. The molecule has 0 aliphatic rings. The number of nitrogens with zero attached hydrogens (tertiary/aromatic N) is 3. The highest BCUT2D eigenvalue weighted by Crippen LogP contribution is 2.19. The summed E-state index contributed by atoms with van der Waals surface area (Å²) in [6, 6.07) is 0. The van der Waals surface area contributed by atoms with E-state index in [0.717, 1.165) is 6.54 Å². The maximum absolute atomic E-state index is 5.39. The zero-order valence-electron chi connectivity index (χ0n) is 8.38. The fourth-order valence-corrected chi connectivity index (χ4v) is 1.10. The molecular weight excluding hydrogens is 196 g/mol. The first-order valence-electron chi connectivity index (χ1n) is 4.66. The molecule has 6 nitrogen and oxygen atoms in total. The van der Waals surface area contributed by atoms with Gasteiger partial charge in [0.1, 0.15) is 6.26 Å². The van der Waals surface area contributed by atoms with Gasteiger partial charge in [-0.1, -0.05) is 0 Å². The van der Waals surface area contributed by atoms with E-state index in [1.165, 1.54) is 6.26 Å². The second-order valence-electron chi connectivity index (χ2n) is 2.94. The van der Waals surface area contributed by atoms with Gasteiger partial charge in [-0.25, -0.2) is 0 Å². The Bertz CT molecular complexity index is 395. The maximum Gasteiger partial charge on any atom is 0.399 e. The molecule has 0 amide bonds. The highest BCUT2D eigenvalue weighted by molar-refractivity contribution is 5.16. The van der Waals surface area contributed by atoms with Crippen LogP contribution in [0.3, 0.4) is 0 Å². The third-order valence-corrected chi connectivity index (χ3v) is 1.88. The van der Waals surface area contributed by atoms with Crippen LogP contribution in [-0.4, -0.2) is 14.8 Å². The summed E-state index contributed by atoms with van der Waals surface area (Å²) < 4.78 is 12.1. The summed E-state index contributed by atoms with van der Waals surface area (Å²) in [6.45, 7) is 3.12. The molecule has 0 aliphatic carbocycles. The molecule has 2 rings (SSSR count). The van der Waals surface area contributed by atoms with Gasteiger partial charge in [0.25, 0.3) is 0 Å². The van der Waals surface area contributed by atoms with Gasteiger partial charge in [-0.05, 0) is 6.92 Å². The number of nitrogens with two attached hydrogens (primary N) is 1. The average Bonchev–Trinajstić information content (AvgIpc) is 2.87. The molecule has 0 aliphatic heterocycles. The van der Waals surface area contributed by atoms with Crippen LogP contribution in [0.15, 0.2) is 23.1 Å². The third-order valence-electron chi connectivity index (χ3n) is 1.88. The van der Waals surface area contributed by atoms with Crippen molar-refractivity contribution in [3.8, 4) is 11.8 Å². The van der Waals surface area contributed by atoms with Gasteiger partial charge in [-0.2, -0.15) is 10.1 Å². The highest BCUT2D eigenvalue weighted by atomic mass is 16.6. The fraction of sp³-hybridized carbons (Fsp3) is 0.333. The summed E-state index contributed by atoms with van der Waals surface area (Å²) >= 11 is 0. The van der Waals surface area contributed by atoms with Crippen molar-refractivity contribution in [2.45, 2.75) is 20.0 Å². The van der Waals surface area contributed by atoms with Crippen LogP contribution in [0.4, 0.5) is 0 Å². The molecule has 0 atom stereocenters. The van der Waals surface area contributed by atoms with Crippen molar-refractivity contribution >= 4 is 0 Å². The number of aromatic nitrogens is 3. The van der Waals surface area contributed by atoms with Crippen LogP contribution in [0, 0.1) is 0 Å². The van der Waals surface area contributed by atoms with Gasteiger partial charge in [0.15, 0.2) is 5.75 Å². The van der Waals surface area contributed by atoms with E-state index in [1.54, 1.807) is 17.1 Å². The Morgan fingerprint density at radius 3 is 3.07 bits per heavy atom. The predicted molar refractivity (Wildman–Crippen MR) is 52.4 cm³/mol. The van der Waals surface area contributed by atoms with Gasteiger partial charge in [0, 0.05) is 13.1 Å². The number of oxazole rings is 1. The molecule has 0 saturated heterocycles. The monoisotopic (exact) mass is 208 g/mol. The van der Waals surface area contributed by atoms with Crippen LogP contribution < -0.4 is 10.5 Å². The Labute approximate surface area is 86.7 Å². The quantitative estimate of drug-likeness (QED) is 0.815. The molecule has 2 heterocycles. The predicted octanol–water partition coefficient (Wildman–Crippen LogP) is 1.14. The second kappa shape index (κ2) is 4.14. The number of aryl methyl sites for hydroxylation is 1. The molecule has 2 aromatic rings. The Balaban J connectivity index is 2.07. The summed E-state index contributed by atoms with van der Waals surface area (Å²) in [5, 5.41) is 4.06. The number of ether oxygens (including phenoxy) is 1. The van der Waals surface area contributed by atoms with Crippen LogP contribution in [0.2, 0.25) is 0 Å². The minimum Gasteiger partial charge on any atom is -0.417 e. The lowest BCUT2D eigenvalue weighted by atomic mass is 10.5. The Hall–Kier alpha value is -1.82. The Morgan fingerprint density at radius 2 is 2.47 bits per heavy atom. The summed E-state index contributed by atoms with van der Waals surface area (Å²) in [6.07, 6.45) is 5.04. The van der Waals surface area contributed by atoms with Crippen LogP contribution in [0.5, 0.6) is 11.8 Å². The normalized spacial score (nSPS) is 10.5. The van der Waals surface area contributed by atoms with E-state index >= 15 is 0 Å². The number of rotatable bonds is 4. The molecule has 0 aromatic carbocycles. The van der Waals surface area contributed by atoms with E-state index in [0.29, 0.717) is 18.0 Å². The minimum absolute atomic E-state index is 0.186. The topological polar surface area (TPSA) is 79.1 Å². The first kappa shape index (κ1) is 9.72. The molecule has 0 spiro atoms. The summed E-state index contributed by atoms with van der Waals surface area (Å²) in [7, 11) is 0. The van der Waals surface area contributed by atoms with Gasteiger partial charge in [-0.15, -0.1) is 0 Å². The van der Waals surface area contributed by atoms with Crippen molar-refractivity contribution in [3.63, 3.8) is 0 Å². The largest absolute Gasteiger partial charge is 0.417 e. The molecule has 15 heavy (non-hydrogen) atoms. The molecule has 80 valence electrons. The molecule has 0 radical (unpaired) electrons. The Kier molecular flexibility index (Phi) is 2.68. The fourth-order valence-electron chi connectivity index (χ4n) is 1.10. The van der Waals surface area contributed by atoms with Gasteiger partial charge >= 0.3 is 6.08 Å². The molecule has 2 aromatic heterocycles. The van der Waals surface area contributed by atoms with Crippen molar-refractivity contribution in [1.82, 2.24) is 14.8 Å². The second-order valence-corrected chi connectivity index (χ2v) is 2.94. The van der Waals surface area contributed by atoms with Crippen molar-refractivity contribution < 1.29 is 9.15 Å². The number of hydrogen-bond donors (Lipinski definition) is 1. The van der Waals surface area contributed by atoms with Crippen molar-refractivity contribution in [3.05, 3.63) is 24.4 Å². The molecule has 2 N–H and O–H groups in total. The lowest BCUT2D eigenvalue weighted by Gasteiger charge is -1.94. The van der Waals surface area contributed by atoms with Crippen LogP contribution in [-0.2, 0) is 13.1 Å². The van der Waals surface area contributed by atoms with Crippen molar-refractivity contribution in [2.75, 3.05) is 0 Å². The van der Waals surface area contributed by atoms with E-state index in [9.17, 15) is 0 Å². The van der Waals surface area contributed by atoms with Gasteiger partial charge < -0.3 is 14.9 Å². The molecule has 0 bridgehead atoms. The average molecular weight is 208 g/mol. The van der Waals surface area contributed by atoms with Crippen LogP contribution in [0.1, 0.15) is 12.6 Å². The molecule has 0 fully saturated rings. The highest BCUT2D eigenvalue weighted by Gasteiger charge is 2.06. The van der Waals surface area contributed by atoms with Gasteiger partial charge in [0.05, 0.1) is 18.1 Å². The zero-order chi connectivity index (χ0) is 10.7. The van der Waals surface area contributed by atoms with E-state index < -0.39 is 0 Å². The summed E-state index contributed by atoms with van der Waals surface area (Å²) in [5.41, 5.74) is 6.05. The lowest BCUT2D eigenvalue weighted by molar-refractivity contribution is 0.330. The van der Waals surface area contributed by atoms with Crippen molar-refractivity contribution in [1.29, 1.82) is 0 Å². The summed E-state index contributed by atoms with van der Waals surface area (Å²) in [5.74, 6) is 0.599. The smallest absolute Gasteiger partial charge is 0.399 e. The molecule has 0 saturated carbocycles. The van der Waals surface area contributed by atoms with Crippen LogP contribution >= 0.6 is 0 Å². The SMILES string of the molecule is CCn1cc(Oc2nc(CN)co2)cn1. The molecule has 0 unspecified atom stereocenters. The number of hydrogen-bond acceptors (Lipinski definition) is 5. The summed E-state index contributed by atoms with van der Waals surface area (Å²) in [4.78, 5) is 4.01. The van der Waals surface area contributed by atoms with E-state index in [1.807, 2.05) is 6.92 Å².